The number of anilines is 1. The molecule has 0 spiro atoms. The van der Waals surface area contributed by atoms with Gasteiger partial charge in [0, 0.05) is 6.07 Å². The molecule has 0 saturated carbocycles. The van der Waals surface area contributed by atoms with Gasteiger partial charge in [0.2, 0.25) is 5.91 Å². The minimum Gasteiger partial charge on any atom is -0.393 e. The van der Waals surface area contributed by atoms with Crippen LogP contribution in [0.5, 0.6) is 0 Å². The fraction of sp³-hybridized carbons (Fsp3) is 0.364. The van der Waals surface area contributed by atoms with Gasteiger partial charge in [-0.1, -0.05) is 26.1 Å². The predicted octanol–water partition coefficient (Wildman–Crippen LogP) is 1.72. The molecule has 1 aromatic heterocycles. The SMILES string of the molecule is CC(C)C(C(=O)Nc1cncc(F)c1)C(N)=S. The highest BCUT2D eigenvalue weighted by Crippen LogP contribution is 2.15. The van der Waals surface area contributed by atoms with Gasteiger partial charge in [0.25, 0.3) is 0 Å². The van der Waals surface area contributed by atoms with Crippen LogP contribution in [0.25, 0.3) is 0 Å². The monoisotopic (exact) mass is 255 g/mol. The molecule has 1 aromatic rings. The van der Waals surface area contributed by atoms with Crippen LogP contribution in [0, 0.1) is 17.7 Å². The van der Waals surface area contributed by atoms with Crippen LogP contribution in [0.2, 0.25) is 0 Å². The topological polar surface area (TPSA) is 68.0 Å². The van der Waals surface area contributed by atoms with Gasteiger partial charge in [0.1, 0.15) is 5.82 Å². The zero-order valence-electron chi connectivity index (χ0n) is 9.61. The summed E-state index contributed by atoms with van der Waals surface area (Å²) in [5.74, 6) is -1.46. The molecule has 0 radical (unpaired) electrons. The summed E-state index contributed by atoms with van der Waals surface area (Å²) in [4.78, 5) is 15.6. The number of hydrogen-bond acceptors (Lipinski definition) is 3. The Morgan fingerprint density at radius 3 is 2.65 bits per heavy atom. The largest absolute Gasteiger partial charge is 0.393 e. The summed E-state index contributed by atoms with van der Waals surface area (Å²) < 4.78 is 12.9. The Morgan fingerprint density at radius 1 is 1.53 bits per heavy atom. The Morgan fingerprint density at radius 2 is 2.18 bits per heavy atom. The van der Waals surface area contributed by atoms with Crippen LogP contribution in [-0.2, 0) is 4.79 Å². The minimum absolute atomic E-state index is 0.0194. The summed E-state index contributed by atoms with van der Waals surface area (Å²) >= 11 is 4.84. The lowest BCUT2D eigenvalue weighted by atomic mass is 9.95. The third kappa shape index (κ3) is 3.74. The first kappa shape index (κ1) is 13.5. The highest BCUT2D eigenvalue weighted by molar-refractivity contribution is 7.80. The molecule has 1 heterocycles. The molecule has 1 atom stereocenters. The predicted molar refractivity (Wildman–Crippen MR) is 67.9 cm³/mol. The van der Waals surface area contributed by atoms with E-state index < -0.39 is 11.7 Å². The summed E-state index contributed by atoms with van der Waals surface area (Å²) in [5, 5.41) is 2.54. The van der Waals surface area contributed by atoms with E-state index >= 15 is 0 Å². The van der Waals surface area contributed by atoms with E-state index in [0.717, 1.165) is 6.20 Å². The van der Waals surface area contributed by atoms with Crippen molar-refractivity contribution in [3.63, 3.8) is 0 Å². The number of carbonyl (C=O) groups is 1. The van der Waals surface area contributed by atoms with Gasteiger partial charge in [0.15, 0.2) is 0 Å². The summed E-state index contributed by atoms with van der Waals surface area (Å²) in [5.41, 5.74) is 5.79. The van der Waals surface area contributed by atoms with Gasteiger partial charge in [-0.05, 0) is 5.92 Å². The van der Waals surface area contributed by atoms with Gasteiger partial charge in [-0.3, -0.25) is 9.78 Å². The third-order valence-corrected chi connectivity index (χ3v) is 2.48. The Kier molecular flexibility index (Phi) is 4.51. The number of halogens is 1. The van der Waals surface area contributed by atoms with E-state index in [9.17, 15) is 9.18 Å². The fourth-order valence-electron chi connectivity index (χ4n) is 1.46. The zero-order chi connectivity index (χ0) is 13.0. The van der Waals surface area contributed by atoms with Crippen molar-refractivity contribution in [2.45, 2.75) is 13.8 Å². The van der Waals surface area contributed by atoms with E-state index in [4.69, 9.17) is 18.0 Å². The molecule has 3 N–H and O–H groups in total. The molecule has 0 aliphatic carbocycles. The quantitative estimate of drug-likeness (QED) is 0.804. The second-order valence-corrected chi connectivity index (χ2v) is 4.48. The molecular weight excluding hydrogens is 241 g/mol. The van der Waals surface area contributed by atoms with E-state index in [1.54, 1.807) is 0 Å². The maximum absolute atomic E-state index is 12.9. The summed E-state index contributed by atoms with van der Waals surface area (Å²) in [7, 11) is 0. The average molecular weight is 255 g/mol. The number of pyridine rings is 1. The first-order valence-electron chi connectivity index (χ1n) is 5.12. The van der Waals surface area contributed by atoms with E-state index in [1.165, 1.54) is 12.3 Å². The lowest BCUT2D eigenvalue weighted by molar-refractivity contribution is -0.118. The van der Waals surface area contributed by atoms with Crippen molar-refractivity contribution in [1.82, 2.24) is 4.98 Å². The van der Waals surface area contributed by atoms with Crippen molar-refractivity contribution in [1.29, 1.82) is 0 Å². The van der Waals surface area contributed by atoms with Crippen LogP contribution in [0.3, 0.4) is 0 Å². The third-order valence-electron chi connectivity index (χ3n) is 2.23. The first-order valence-corrected chi connectivity index (χ1v) is 5.53. The number of nitrogens with one attached hydrogen (secondary N) is 1. The van der Waals surface area contributed by atoms with Crippen molar-refractivity contribution in [2.24, 2.45) is 17.6 Å². The Hall–Kier alpha value is -1.56. The number of rotatable bonds is 4. The van der Waals surface area contributed by atoms with Gasteiger partial charge in [-0.2, -0.15) is 0 Å². The van der Waals surface area contributed by atoms with Crippen molar-refractivity contribution >= 4 is 28.8 Å². The molecule has 0 bridgehead atoms. The number of amides is 1. The van der Waals surface area contributed by atoms with E-state index in [1.807, 2.05) is 13.8 Å². The fourth-order valence-corrected chi connectivity index (χ4v) is 1.84. The van der Waals surface area contributed by atoms with Crippen molar-refractivity contribution < 1.29 is 9.18 Å². The second kappa shape index (κ2) is 5.67. The van der Waals surface area contributed by atoms with Crippen LogP contribution in [0.1, 0.15) is 13.8 Å². The lowest BCUT2D eigenvalue weighted by Gasteiger charge is -2.18. The Labute approximate surface area is 104 Å². The van der Waals surface area contributed by atoms with Gasteiger partial charge in [-0.15, -0.1) is 0 Å². The normalized spacial score (nSPS) is 12.2. The minimum atomic E-state index is -0.576. The van der Waals surface area contributed by atoms with Crippen LogP contribution >= 0.6 is 12.2 Å². The number of nitrogens with two attached hydrogens (primary N) is 1. The smallest absolute Gasteiger partial charge is 0.234 e. The Bertz CT molecular complexity index is 436. The second-order valence-electron chi connectivity index (χ2n) is 4.01. The highest BCUT2D eigenvalue weighted by atomic mass is 32.1. The standard InChI is InChI=1S/C11H14FN3OS/c1-6(2)9(10(13)17)11(16)15-8-3-7(12)4-14-5-8/h3-6,9H,1-2H3,(H2,13,17)(H,15,16). The molecule has 0 fully saturated rings. The molecule has 0 aliphatic rings. The van der Waals surface area contributed by atoms with Crippen molar-refractivity contribution in [2.75, 3.05) is 5.32 Å². The number of carbonyl (C=O) groups excluding carboxylic acids is 1. The van der Waals surface area contributed by atoms with Crippen molar-refractivity contribution in [3.05, 3.63) is 24.3 Å². The molecule has 4 nitrogen and oxygen atoms in total. The average Bonchev–Trinajstić information content (AvgIpc) is 2.15. The maximum Gasteiger partial charge on any atom is 0.234 e. The van der Waals surface area contributed by atoms with Gasteiger partial charge in [-0.25, -0.2) is 4.39 Å². The number of nitrogens with zero attached hydrogens (tertiary/aromatic N) is 1. The van der Waals surface area contributed by atoms with Crippen LogP contribution in [0.4, 0.5) is 10.1 Å². The summed E-state index contributed by atoms with van der Waals surface area (Å²) in [6, 6.07) is 1.18. The zero-order valence-corrected chi connectivity index (χ0v) is 10.4. The molecule has 6 heteroatoms. The molecule has 0 saturated heterocycles. The van der Waals surface area contributed by atoms with E-state index in [-0.39, 0.29) is 22.5 Å². The molecule has 1 amide bonds. The number of hydrogen-bond donors (Lipinski definition) is 2. The summed E-state index contributed by atoms with van der Waals surface area (Å²) in [6.45, 7) is 3.68. The highest BCUT2D eigenvalue weighted by Gasteiger charge is 2.25. The van der Waals surface area contributed by atoms with Crippen LogP contribution in [0.15, 0.2) is 18.5 Å². The van der Waals surface area contributed by atoms with Crippen LogP contribution in [-0.4, -0.2) is 15.9 Å². The van der Waals surface area contributed by atoms with Gasteiger partial charge < -0.3 is 11.1 Å². The molecule has 17 heavy (non-hydrogen) atoms. The molecule has 0 aliphatic heterocycles. The van der Waals surface area contributed by atoms with E-state index in [2.05, 4.69) is 10.3 Å². The summed E-state index contributed by atoms with van der Waals surface area (Å²) in [6.07, 6.45) is 2.42. The molecular formula is C11H14FN3OS. The number of thiocarbonyl (C=S) groups is 1. The van der Waals surface area contributed by atoms with Gasteiger partial charge in [0.05, 0.1) is 29.0 Å². The van der Waals surface area contributed by atoms with Crippen molar-refractivity contribution in [3.8, 4) is 0 Å². The number of aromatic nitrogens is 1. The van der Waals surface area contributed by atoms with E-state index in [0.29, 0.717) is 0 Å². The van der Waals surface area contributed by atoms with Crippen LogP contribution < -0.4 is 11.1 Å². The molecule has 0 aromatic carbocycles. The molecule has 1 unspecified atom stereocenters. The molecule has 92 valence electrons. The van der Waals surface area contributed by atoms with Gasteiger partial charge >= 0.3 is 0 Å². The first-order chi connectivity index (χ1) is 7.91. The lowest BCUT2D eigenvalue weighted by Crippen LogP contribution is -2.36. The maximum atomic E-state index is 12.9. The Balaban J connectivity index is 2.81. The molecule has 1 rings (SSSR count).